The number of carbonyl (C=O) groups is 3. The van der Waals surface area contributed by atoms with Crippen LogP contribution in [-0.4, -0.2) is 81.4 Å². The summed E-state index contributed by atoms with van der Waals surface area (Å²) in [5.41, 5.74) is 0.437. The quantitative estimate of drug-likeness (QED) is 0.154. The number of benzene rings is 2. The van der Waals surface area contributed by atoms with Crippen molar-refractivity contribution in [2.24, 2.45) is 11.8 Å². The highest BCUT2D eigenvalue weighted by Crippen LogP contribution is 2.60. The zero-order valence-electron chi connectivity index (χ0n) is 25.4. The van der Waals surface area contributed by atoms with E-state index in [1.165, 1.54) is 0 Å². The summed E-state index contributed by atoms with van der Waals surface area (Å²) < 4.78 is 6.76. The van der Waals surface area contributed by atoms with E-state index in [0.29, 0.717) is 49.6 Å². The number of carbonyl (C=O) groups excluding carboxylic acids is 3. The topological polar surface area (TPSA) is 90.4 Å². The van der Waals surface area contributed by atoms with Gasteiger partial charge in [-0.25, -0.2) is 0 Å². The van der Waals surface area contributed by atoms with E-state index in [-0.39, 0.29) is 35.7 Å². The Labute approximate surface area is 278 Å². The van der Waals surface area contributed by atoms with Crippen LogP contribution in [0.15, 0.2) is 79.9 Å². The van der Waals surface area contributed by atoms with E-state index in [0.717, 1.165) is 18.4 Å². The van der Waals surface area contributed by atoms with Crippen LogP contribution in [0, 0.1) is 11.8 Å². The fraction of sp³-hybridized carbons (Fsp3) is 0.457. The van der Waals surface area contributed by atoms with Gasteiger partial charge in [0.25, 0.3) is 5.91 Å². The second-order valence-electron chi connectivity index (χ2n) is 12.0. The summed E-state index contributed by atoms with van der Waals surface area (Å²) in [5, 5.41) is 9.78. The smallest absolute Gasteiger partial charge is 0.253 e. The number of hydrogen-bond acceptors (Lipinski definition) is 5. The molecular formula is C35H41BrClN3O5. The van der Waals surface area contributed by atoms with Gasteiger partial charge in [0.05, 0.1) is 17.9 Å². The summed E-state index contributed by atoms with van der Waals surface area (Å²) in [6, 6.07) is 15.8. The molecule has 0 aromatic heterocycles. The van der Waals surface area contributed by atoms with Gasteiger partial charge in [0.1, 0.15) is 11.6 Å². The lowest BCUT2D eigenvalue weighted by Crippen LogP contribution is -2.57. The Hall–Kier alpha value is -2.98. The lowest BCUT2D eigenvalue weighted by Gasteiger charge is -2.37. The molecule has 0 saturated carbocycles. The number of aliphatic hydroxyl groups excluding tert-OH is 1. The van der Waals surface area contributed by atoms with Gasteiger partial charge in [-0.05, 0) is 49.1 Å². The Bertz CT molecular complexity index is 1390. The average molecular weight is 699 g/mol. The molecule has 2 bridgehead atoms. The zero-order valence-corrected chi connectivity index (χ0v) is 27.7. The molecule has 3 heterocycles. The molecule has 3 fully saturated rings. The van der Waals surface area contributed by atoms with Crippen LogP contribution in [0.3, 0.4) is 0 Å². The van der Waals surface area contributed by atoms with Crippen molar-refractivity contribution in [3.8, 4) is 0 Å². The summed E-state index contributed by atoms with van der Waals surface area (Å²) in [6.45, 7) is 9.13. The van der Waals surface area contributed by atoms with Crippen molar-refractivity contribution in [1.82, 2.24) is 9.80 Å². The molecule has 3 aliphatic heterocycles. The fourth-order valence-electron chi connectivity index (χ4n) is 7.30. The van der Waals surface area contributed by atoms with Crippen molar-refractivity contribution < 1.29 is 24.2 Å². The van der Waals surface area contributed by atoms with Crippen molar-refractivity contribution >= 4 is 50.9 Å². The minimum atomic E-state index is -1.17. The molecule has 10 heteroatoms. The lowest BCUT2D eigenvalue weighted by atomic mass is 9.70. The molecule has 0 radical (unpaired) electrons. The molecule has 3 saturated heterocycles. The first-order chi connectivity index (χ1) is 21.8. The standard InChI is InChI=1S/C35H41BrClN3O5/c1-3-18-38(23-24-12-8-7-9-13-24)32(42)28-29-33(43)40(20-10-5-6-11-21-41)31(35(29)22-27(36)30(28)45-35)34(44)39(19-4-2)26-16-14-25(37)15-17-26/h3-4,7-9,12-17,27-31,41H,1-2,5-6,10-11,18-23H2/t27?,28-,29-,30-,31?,35?/m0/s1. The molecule has 8 nitrogen and oxygen atoms in total. The second-order valence-corrected chi connectivity index (χ2v) is 13.7. The molecule has 1 spiro atoms. The number of ether oxygens (including phenoxy) is 1. The molecule has 6 atom stereocenters. The number of amides is 3. The minimum Gasteiger partial charge on any atom is -0.396 e. The largest absolute Gasteiger partial charge is 0.396 e. The number of nitrogens with zero attached hydrogens (tertiary/aromatic N) is 3. The number of likely N-dealkylation sites (tertiary alicyclic amines) is 1. The maximum absolute atomic E-state index is 14.7. The lowest BCUT2D eigenvalue weighted by molar-refractivity contribution is -0.145. The Morgan fingerprint density at radius 2 is 1.71 bits per heavy atom. The van der Waals surface area contributed by atoms with Crippen LogP contribution < -0.4 is 4.90 Å². The molecule has 240 valence electrons. The van der Waals surface area contributed by atoms with Gasteiger partial charge < -0.3 is 24.5 Å². The fourth-order valence-corrected chi connectivity index (χ4v) is 8.37. The van der Waals surface area contributed by atoms with Crippen molar-refractivity contribution in [3.63, 3.8) is 0 Å². The second kappa shape index (κ2) is 14.6. The maximum Gasteiger partial charge on any atom is 0.253 e. The molecule has 2 aromatic rings. The number of hydrogen-bond donors (Lipinski definition) is 1. The number of fused-ring (bicyclic) bond motifs is 1. The highest BCUT2D eigenvalue weighted by Gasteiger charge is 2.76. The maximum atomic E-state index is 14.7. The first kappa shape index (κ1) is 33.4. The van der Waals surface area contributed by atoms with Gasteiger partial charge in [0.2, 0.25) is 11.8 Å². The number of alkyl halides is 1. The van der Waals surface area contributed by atoms with Crippen LogP contribution in [0.5, 0.6) is 0 Å². The van der Waals surface area contributed by atoms with Crippen LogP contribution in [0.25, 0.3) is 0 Å². The van der Waals surface area contributed by atoms with E-state index in [4.69, 9.17) is 16.3 Å². The molecule has 2 aromatic carbocycles. The third-order valence-electron chi connectivity index (χ3n) is 9.21. The highest BCUT2D eigenvalue weighted by molar-refractivity contribution is 9.09. The van der Waals surface area contributed by atoms with Gasteiger partial charge in [0.15, 0.2) is 0 Å². The first-order valence-corrected chi connectivity index (χ1v) is 16.9. The van der Waals surface area contributed by atoms with E-state index in [1.807, 2.05) is 30.3 Å². The van der Waals surface area contributed by atoms with Crippen molar-refractivity contribution in [2.75, 3.05) is 31.1 Å². The van der Waals surface area contributed by atoms with Crippen molar-refractivity contribution in [3.05, 3.63) is 90.5 Å². The zero-order chi connectivity index (χ0) is 32.1. The predicted octanol–water partition coefficient (Wildman–Crippen LogP) is 5.37. The summed E-state index contributed by atoms with van der Waals surface area (Å²) in [6.07, 6.45) is 6.18. The summed E-state index contributed by atoms with van der Waals surface area (Å²) in [7, 11) is 0. The number of unbranched alkanes of at least 4 members (excludes halogenated alkanes) is 3. The Morgan fingerprint density at radius 1 is 1.02 bits per heavy atom. The van der Waals surface area contributed by atoms with E-state index in [1.54, 1.807) is 51.1 Å². The van der Waals surface area contributed by atoms with Gasteiger partial charge in [-0.15, -0.1) is 13.2 Å². The van der Waals surface area contributed by atoms with E-state index >= 15 is 0 Å². The molecule has 1 N–H and O–H groups in total. The highest BCUT2D eigenvalue weighted by atomic mass is 79.9. The van der Waals surface area contributed by atoms with Gasteiger partial charge in [-0.2, -0.15) is 0 Å². The first-order valence-electron chi connectivity index (χ1n) is 15.6. The van der Waals surface area contributed by atoms with Crippen LogP contribution in [0.1, 0.15) is 37.7 Å². The predicted molar refractivity (Wildman–Crippen MR) is 179 cm³/mol. The van der Waals surface area contributed by atoms with Crippen LogP contribution in [-0.2, 0) is 25.7 Å². The number of halogens is 2. The average Bonchev–Trinajstić information content (AvgIpc) is 3.63. The van der Waals surface area contributed by atoms with Gasteiger partial charge in [-0.1, -0.05) is 82.9 Å². The summed E-state index contributed by atoms with van der Waals surface area (Å²) in [5.74, 6) is -2.22. The number of rotatable bonds is 15. The molecule has 5 rings (SSSR count). The van der Waals surface area contributed by atoms with E-state index < -0.39 is 29.6 Å². The summed E-state index contributed by atoms with van der Waals surface area (Å²) >= 11 is 9.94. The van der Waals surface area contributed by atoms with Gasteiger partial charge >= 0.3 is 0 Å². The number of anilines is 1. The normalized spacial score (nSPS) is 26.5. The Morgan fingerprint density at radius 3 is 2.38 bits per heavy atom. The van der Waals surface area contributed by atoms with Crippen LogP contribution in [0.4, 0.5) is 5.69 Å². The molecule has 0 aliphatic carbocycles. The molecule has 3 unspecified atom stereocenters. The molecular weight excluding hydrogens is 658 g/mol. The third-order valence-corrected chi connectivity index (χ3v) is 10.3. The van der Waals surface area contributed by atoms with Crippen molar-refractivity contribution in [1.29, 1.82) is 0 Å². The Kier molecular flexibility index (Phi) is 10.9. The third kappa shape index (κ3) is 6.50. The van der Waals surface area contributed by atoms with Crippen LogP contribution in [0.2, 0.25) is 5.02 Å². The molecule has 3 aliphatic rings. The minimum absolute atomic E-state index is 0.113. The SMILES string of the molecule is C=CCN(Cc1ccccc1)C(=O)[C@H]1[C@H]2C(=O)N(CCCCCCO)C(C(=O)N(CC=C)c3ccc(Cl)cc3)C23CC(Br)[C@@H]1O3. The van der Waals surface area contributed by atoms with Crippen molar-refractivity contribution in [2.45, 2.75) is 61.2 Å². The van der Waals surface area contributed by atoms with Crippen LogP contribution >= 0.6 is 27.5 Å². The van der Waals surface area contributed by atoms with E-state index in [2.05, 4.69) is 29.1 Å². The summed E-state index contributed by atoms with van der Waals surface area (Å²) in [4.78, 5) is 48.5. The molecule has 45 heavy (non-hydrogen) atoms. The Balaban J connectivity index is 1.52. The van der Waals surface area contributed by atoms with Gasteiger partial charge in [0, 0.05) is 48.3 Å². The van der Waals surface area contributed by atoms with E-state index in [9.17, 15) is 19.5 Å². The molecule has 3 amide bonds. The van der Waals surface area contributed by atoms with Gasteiger partial charge in [-0.3, -0.25) is 14.4 Å². The monoisotopic (exact) mass is 697 g/mol. The number of aliphatic hydroxyl groups is 1.